The maximum atomic E-state index is 5.88. The molecule has 1 aromatic rings. The predicted octanol–water partition coefficient (Wildman–Crippen LogP) is 1.83. The van der Waals surface area contributed by atoms with Crippen LogP contribution in [0.2, 0.25) is 0 Å². The first-order valence-corrected chi connectivity index (χ1v) is 5.68. The summed E-state index contributed by atoms with van der Waals surface area (Å²) in [6.07, 6.45) is 3.20. The molecule has 0 aliphatic heterocycles. The van der Waals surface area contributed by atoms with Gasteiger partial charge in [-0.2, -0.15) is 0 Å². The standard InChI is InChI=1S/C13H19NO2/c1-15-11-5-6-12-10(8-11)4-3-7-13(12,9-14)16-2/h5-6,8H,3-4,7,9,14H2,1-2H3. The summed E-state index contributed by atoms with van der Waals surface area (Å²) in [5.74, 6) is 0.905. The van der Waals surface area contributed by atoms with E-state index in [1.807, 2.05) is 6.07 Å². The number of methoxy groups -OCH3 is 2. The Morgan fingerprint density at radius 1 is 1.38 bits per heavy atom. The topological polar surface area (TPSA) is 44.5 Å². The molecule has 1 atom stereocenters. The number of nitrogens with two attached hydrogens (primary N) is 1. The molecule has 1 aliphatic rings. The third-order valence-electron chi connectivity index (χ3n) is 3.55. The summed E-state index contributed by atoms with van der Waals surface area (Å²) in [5, 5.41) is 0. The van der Waals surface area contributed by atoms with E-state index in [4.69, 9.17) is 15.2 Å². The highest BCUT2D eigenvalue weighted by Crippen LogP contribution is 2.38. The first-order valence-electron chi connectivity index (χ1n) is 5.68. The third kappa shape index (κ3) is 1.70. The van der Waals surface area contributed by atoms with Gasteiger partial charge in [0.15, 0.2) is 0 Å². The van der Waals surface area contributed by atoms with E-state index in [1.165, 1.54) is 11.1 Å². The minimum atomic E-state index is -0.292. The molecule has 0 aromatic heterocycles. The molecule has 2 N–H and O–H groups in total. The van der Waals surface area contributed by atoms with Gasteiger partial charge in [0.25, 0.3) is 0 Å². The van der Waals surface area contributed by atoms with Crippen LogP contribution in [0, 0.1) is 0 Å². The third-order valence-corrected chi connectivity index (χ3v) is 3.55. The molecule has 0 bridgehead atoms. The zero-order valence-corrected chi connectivity index (χ0v) is 9.95. The fourth-order valence-corrected chi connectivity index (χ4v) is 2.55. The smallest absolute Gasteiger partial charge is 0.119 e. The summed E-state index contributed by atoms with van der Waals surface area (Å²) in [5.41, 5.74) is 8.12. The molecule has 0 spiro atoms. The second-order valence-corrected chi connectivity index (χ2v) is 4.28. The van der Waals surface area contributed by atoms with Crippen molar-refractivity contribution in [1.29, 1.82) is 0 Å². The van der Waals surface area contributed by atoms with Crippen LogP contribution in [-0.2, 0) is 16.8 Å². The van der Waals surface area contributed by atoms with Gasteiger partial charge in [0, 0.05) is 13.7 Å². The lowest BCUT2D eigenvalue weighted by Gasteiger charge is -2.37. The molecule has 0 fully saturated rings. The molecular weight excluding hydrogens is 202 g/mol. The van der Waals surface area contributed by atoms with Gasteiger partial charge in [-0.15, -0.1) is 0 Å². The van der Waals surface area contributed by atoms with Crippen molar-refractivity contribution in [2.45, 2.75) is 24.9 Å². The van der Waals surface area contributed by atoms with Gasteiger partial charge in [0.1, 0.15) is 11.4 Å². The van der Waals surface area contributed by atoms with E-state index in [0.29, 0.717) is 6.54 Å². The van der Waals surface area contributed by atoms with Crippen molar-refractivity contribution in [3.63, 3.8) is 0 Å². The van der Waals surface area contributed by atoms with Crippen LogP contribution in [0.25, 0.3) is 0 Å². The molecule has 0 saturated carbocycles. The van der Waals surface area contributed by atoms with Crippen LogP contribution in [0.1, 0.15) is 24.0 Å². The summed E-state index contributed by atoms with van der Waals surface area (Å²) < 4.78 is 10.9. The van der Waals surface area contributed by atoms with Crippen molar-refractivity contribution in [3.8, 4) is 5.75 Å². The largest absolute Gasteiger partial charge is 0.497 e. The van der Waals surface area contributed by atoms with E-state index in [2.05, 4.69) is 12.1 Å². The SMILES string of the molecule is COc1ccc2c(c1)CCCC2(CN)OC. The number of hydrogen-bond donors (Lipinski definition) is 1. The van der Waals surface area contributed by atoms with Crippen molar-refractivity contribution in [2.24, 2.45) is 5.73 Å². The van der Waals surface area contributed by atoms with Gasteiger partial charge in [-0.3, -0.25) is 0 Å². The highest BCUT2D eigenvalue weighted by Gasteiger charge is 2.35. The van der Waals surface area contributed by atoms with Gasteiger partial charge in [0.2, 0.25) is 0 Å². The van der Waals surface area contributed by atoms with Crippen LogP contribution in [0.3, 0.4) is 0 Å². The van der Waals surface area contributed by atoms with Gasteiger partial charge >= 0.3 is 0 Å². The molecule has 3 heteroatoms. The second-order valence-electron chi connectivity index (χ2n) is 4.28. The van der Waals surface area contributed by atoms with Gasteiger partial charge in [-0.05, 0) is 42.5 Å². The van der Waals surface area contributed by atoms with Gasteiger partial charge < -0.3 is 15.2 Å². The molecule has 0 saturated heterocycles. The monoisotopic (exact) mass is 221 g/mol. The van der Waals surface area contributed by atoms with E-state index in [1.54, 1.807) is 14.2 Å². The van der Waals surface area contributed by atoms with Crippen molar-refractivity contribution < 1.29 is 9.47 Å². The van der Waals surface area contributed by atoms with Crippen molar-refractivity contribution >= 4 is 0 Å². The Kier molecular flexibility index (Phi) is 3.17. The fraction of sp³-hybridized carbons (Fsp3) is 0.538. The van der Waals surface area contributed by atoms with Crippen LogP contribution in [0.5, 0.6) is 5.75 Å². The Bertz CT molecular complexity index is 372. The number of benzene rings is 1. The molecule has 0 amide bonds. The van der Waals surface area contributed by atoms with Crippen LogP contribution in [0.4, 0.5) is 0 Å². The van der Waals surface area contributed by atoms with Gasteiger partial charge in [-0.25, -0.2) is 0 Å². The Balaban J connectivity index is 2.46. The summed E-state index contributed by atoms with van der Waals surface area (Å²) in [6.45, 7) is 0.531. The van der Waals surface area contributed by atoms with Crippen molar-refractivity contribution in [2.75, 3.05) is 20.8 Å². The van der Waals surface area contributed by atoms with E-state index in [-0.39, 0.29) is 5.60 Å². The van der Waals surface area contributed by atoms with E-state index in [0.717, 1.165) is 25.0 Å². The number of hydrogen-bond acceptors (Lipinski definition) is 3. The lowest BCUT2D eigenvalue weighted by Crippen LogP contribution is -2.40. The predicted molar refractivity (Wildman–Crippen MR) is 63.7 cm³/mol. The number of fused-ring (bicyclic) bond motifs is 1. The zero-order chi connectivity index (χ0) is 11.6. The van der Waals surface area contributed by atoms with Gasteiger partial charge in [-0.1, -0.05) is 6.07 Å². The highest BCUT2D eigenvalue weighted by atomic mass is 16.5. The average molecular weight is 221 g/mol. The molecule has 3 nitrogen and oxygen atoms in total. The number of rotatable bonds is 3. The molecule has 88 valence electrons. The Labute approximate surface area is 96.5 Å². The molecule has 1 aromatic carbocycles. The van der Waals surface area contributed by atoms with E-state index < -0.39 is 0 Å². The van der Waals surface area contributed by atoms with Crippen LogP contribution in [-0.4, -0.2) is 20.8 Å². The summed E-state index contributed by atoms with van der Waals surface area (Å²) in [4.78, 5) is 0. The number of aryl methyl sites for hydroxylation is 1. The Morgan fingerprint density at radius 2 is 2.19 bits per heavy atom. The lowest BCUT2D eigenvalue weighted by atomic mass is 9.79. The number of ether oxygens (including phenoxy) is 2. The summed E-state index contributed by atoms with van der Waals surface area (Å²) >= 11 is 0. The van der Waals surface area contributed by atoms with Crippen LogP contribution in [0.15, 0.2) is 18.2 Å². The molecule has 1 unspecified atom stereocenters. The van der Waals surface area contributed by atoms with E-state index >= 15 is 0 Å². The van der Waals surface area contributed by atoms with Crippen LogP contribution >= 0.6 is 0 Å². The minimum Gasteiger partial charge on any atom is -0.497 e. The molecule has 16 heavy (non-hydrogen) atoms. The molecule has 0 radical (unpaired) electrons. The molecule has 1 aliphatic carbocycles. The maximum Gasteiger partial charge on any atom is 0.119 e. The zero-order valence-electron chi connectivity index (χ0n) is 9.95. The fourth-order valence-electron chi connectivity index (χ4n) is 2.55. The lowest BCUT2D eigenvalue weighted by molar-refractivity contribution is -0.0212. The normalized spacial score (nSPS) is 23.9. The van der Waals surface area contributed by atoms with Crippen LogP contribution < -0.4 is 10.5 Å². The maximum absolute atomic E-state index is 5.88. The second kappa shape index (κ2) is 4.44. The quantitative estimate of drug-likeness (QED) is 0.847. The van der Waals surface area contributed by atoms with E-state index in [9.17, 15) is 0 Å². The summed E-state index contributed by atoms with van der Waals surface area (Å²) in [6, 6.07) is 6.16. The molecular formula is C13H19NO2. The molecule has 2 rings (SSSR count). The van der Waals surface area contributed by atoms with Crippen molar-refractivity contribution in [1.82, 2.24) is 0 Å². The molecule has 0 heterocycles. The summed E-state index contributed by atoms with van der Waals surface area (Å²) in [7, 11) is 3.43. The minimum absolute atomic E-state index is 0.292. The van der Waals surface area contributed by atoms with Crippen molar-refractivity contribution in [3.05, 3.63) is 29.3 Å². The first-order chi connectivity index (χ1) is 7.75. The Morgan fingerprint density at radius 3 is 2.81 bits per heavy atom. The average Bonchev–Trinajstić information content (AvgIpc) is 2.37. The van der Waals surface area contributed by atoms with Gasteiger partial charge in [0.05, 0.1) is 7.11 Å². The highest BCUT2D eigenvalue weighted by molar-refractivity contribution is 5.41. The Hall–Kier alpha value is -1.06. The first kappa shape index (κ1) is 11.4.